The van der Waals surface area contributed by atoms with Crippen molar-refractivity contribution >= 4 is 11.3 Å². The fourth-order valence-electron chi connectivity index (χ4n) is 1.85. The van der Waals surface area contributed by atoms with E-state index in [0.717, 1.165) is 29.6 Å². The summed E-state index contributed by atoms with van der Waals surface area (Å²) in [6.07, 6.45) is 1.91. The molecule has 4 nitrogen and oxygen atoms in total. The molecule has 0 fully saturated rings. The Balaban J connectivity index is 1.57. The van der Waals surface area contributed by atoms with E-state index in [1.165, 1.54) is 10.4 Å². The molecule has 0 radical (unpaired) electrons. The Kier molecular flexibility index (Phi) is 3.17. The summed E-state index contributed by atoms with van der Waals surface area (Å²) < 4.78 is 10.6. The molecular weight excluding hydrogens is 248 g/mol. The first-order valence-corrected chi connectivity index (χ1v) is 6.63. The van der Waals surface area contributed by atoms with Crippen LogP contribution in [0.1, 0.15) is 15.4 Å². The Labute approximate surface area is 110 Å². The highest BCUT2D eigenvalue weighted by Gasteiger charge is 2.12. The largest absolute Gasteiger partial charge is 0.454 e. The van der Waals surface area contributed by atoms with E-state index in [9.17, 15) is 0 Å². The van der Waals surface area contributed by atoms with E-state index in [1.807, 2.05) is 24.4 Å². The fraction of sp³-hybridized carbons (Fsp3) is 0.308. The second-order valence-electron chi connectivity index (χ2n) is 4.16. The maximum absolute atomic E-state index is 5.35. The van der Waals surface area contributed by atoms with Crippen LogP contribution in [-0.2, 0) is 13.1 Å². The number of rotatable bonds is 4. The molecular formula is C13H14N2O2S. The molecule has 0 saturated heterocycles. The quantitative estimate of drug-likeness (QED) is 0.919. The number of hydrogen-bond acceptors (Lipinski definition) is 5. The molecule has 2 heterocycles. The second kappa shape index (κ2) is 4.96. The standard InChI is InChI=1S/C13H14N2O2S/c1-9-5-15-13(18-9)7-14-6-10-2-3-11-12(4-10)17-8-16-11/h2-5,14H,6-8H2,1H3. The van der Waals surface area contributed by atoms with Crippen molar-refractivity contribution in [3.63, 3.8) is 0 Å². The number of hydrogen-bond donors (Lipinski definition) is 1. The normalized spacial score (nSPS) is 12.9. The van der Waals surface area contributed by atoms with E-state index in [0.29, 0.717) is 6.79 Å². The van der Waals surface area contributed by atoms with Crippen LogP contribution >= 0.6 is 11.3 Å². The molecule has 1 aromatic carbocycles. The Morgan fingerprint density at radius 2 is 2.17 bits per heavy atom. The third-order valence-corrected chi connectivity index (χ3v) is 3.62. The minimum Gasteiger partial charge on any atom is -0.454 e. The number of aromatic nitrogens is 1. The molecule has 0 atom stereocenters. The maximum Gasteiger partial charge on any atom is 0.231 e. The average Bonchev–Trinajstić information content (AvgIpc) is 2.97. The van der Waals surface area contributed by atoms with Crippen LogP contribution in [-0.4, -0.2) is 11.8 Å². The molecule has 0 amide bonds. The number of nitrogens with one attached hydrogen (secondary N) is 1. The van der Waals surface area contributed by atoms with Crippen molar-refractivity contribution in [2.45, 2.75) is 20.0 Å². The zero-order chi connectivity index (χ0) is 12.4. The molecule has 0 unspecified atom stereocenters. The van der Waals surface area contributed by atoms with Crippen LogP contribution in [0.3, 0.4) is 0 Å². The highest BCUT2D eigenvalue weighted by atomic mass is 32.1. The first-order valence-electron chi connectivity index (χ1n) is 5.82. The lowest BCUT2D eigenvalue weighted by molar-refractivity contribution is 0.174. The maximum atomic E-state index is 5.35. The van der Waals surface area contributed by atoms with Crippen molar-refractivity contribution in [3.05, 3.63) is 39.8 Å². The van der Waals surface area contributed by atoms with Crippen LogP contribution in [0.2, 0.25) is 0 Å². The van der Waals surface area contributed by atoms with E-state index in [4.69, 9.17) is 9.47 Å². The van der Waals surface area contributed by atoms with Gasteiger partial charge in [-0.15, -0.1) is 11.3 Å². The van der Waals surface area contributed by atoms with Gasteiger partial charge in [0.1, 0.15) is 5.01 Å². The van der Waals surface area contributed by atoms with Crippen LogP contribution in [0.4, 0.5) is 0 Å². The molecule has 0 bridgehead atoms. The molecule has 3 rings (SSSR count). The lowest BCUT2D eigenvalue weighted by Gasteiger charge is -2.04. The molecule has 0 saturated carbocycles. The molecule has 18 heavy (non-hydrogen) atoms. The van der Waals surface area contributed by atoms with E-state index < -0.39 is 0 Å². The number of aryl methyl sites for hydroxylation is 1. The van der Waals surface area contributed by atoms with Gasteiger partial charge in [-0.25, -0.2) is 4.98 Å². The number of benzene rings is 1. The predicted molar refractivity (Wildman–Crippen MR) is 70.0 cm³/mol. The van der Waals surface area contributed by atoms with Crippen molar-refractivity contribution in [1.82, 2.24) is 10.3 Å². The van der Waals surface area contributed by atoms with Gasteiger partial charge in [-0.3, -0.25) is 0 Å². The Bertz CT molecular complexity index is 554. The van der Waals surface area contributed by atoms with Gasteiger partial charge in [-0.1, -0.05) is 6.07 Å². The predicted octanol–water partition coefficient (Wildman–Crippen LogP) is 2.47. The highest BCUT2D eigenvalue weighted by Crippen LogP contribution is 2.32. The van der Waals surface area contributed by atoms with Gasteiger partial charge >= 0.3 is 0 Å². The van der Waals surface area contributed by atoms with Crippen molar-refractivity contribution in [3.8, 4) is 11.5 Å². The van der Waals surface area contributed by atoms with Crippen LogP contribution in [0.5, 0.6) is 11.5 Å². The van der Waals surface area contributed by atoms with Crippen LogP contribution in [0, 0.1) is 6.92 Å². The lowest BCUT2D eigenvalue weighted by atomic mass is 10.2. The van der Waals surface area contributed by atoms with Gasteiger partial charge in [0.15, 0.2) is 11.5 Å². The van der Waals surface area contributed by atoms with E-state index in [-0.39, 0.29) is 0 Å². The van der Waals surface area contributed by atoms with Crippen LogP contribution in [0.15, 0.2) is 24.4 Å². The van der Waals surface area contributed by atoms with Crippen molar-refractivity contribution in [2.75, 3.05) is 6.79 Å². The third-order valence-electron chi connectivity index (χ3n) is 2.71. The minimum atomic E-state index is 0.324. The molecule has 1 aliphatic heterocycles. The summed E-state index contributed by atoms with van der Waals surface area (Å²) in [5, 5.41) is 4.49. The van der Waals surface area contributed by atoms with Crippen LogP contribution < -0.4 is 14.8 Å². The van der Waals surface area contributed by atoms with Gasteiger partial charge in [0.25, 0.3) is 0 Å². The number of thiazole rings is 1. The van der Waals surface area contributed by atoms with Gasteiger partial charge in [0.05, 0.1) is 0 Å². The van der Waals surface area contributed by atoms with E-state index in [1.54, 1.807) is 11.3 Å². The molecule has 1 aliphatic rings. The Hall–Kier alpha value is -1.59. The topological polar surface area (TPSA) is 43.4 Å². The summed E-state index contributed by atoms with van der Waals surface area (Å²) in [6, 6.07) is 6.02. The van der Waals surface area contributed by atoms with Gasteiger partial charge < -0.3 is 14.8 Å². The average molecular weight is 262 g/mol. The number of nitrogens with zero attached hydrogens (tertiary/aromatic N) is 1. The second-order valence-corrected chi connectivity index (χ2v) is 5.48. The summed E-state index contributed by atoms with van der Waals surface area (Å²) in [7, 11) is 0. The molecule has 0 aliphatic carbocycles. The molecule has 1 N–H and O–H groups in total. The number of fused-ring (bicyclic) bond motifs is 1. The third kappa shape index (κ3) is 2.47. The minimum absolute atomic E-state index is 0.324. The number of ether oxygens (including phenoxy) is 2. The van der Waals surface area contributed by atoms with Crippen molar-refractivity contribution < 1.29 is 9.47 Å². The van der Waals surface area contributed by atoms with E-state index in [2.05, 4.69) is 17.2 Å². The van der Waals surface area contributed by atoms with E-state index >= 15 is 0 Å². The summed E-state index contributed by atoms with van der Waals surface area (Å²) in [5.74, 6) is 1.66. The summed E-state index contributed by atoms with van der Waals surface area (Å²) in [4.78, 5) is 5.56. The summed E-state index contributed by atoms with van der Waals surface area (Å²) >= 11 is 1.72. The summed E-state index contributed by atoms with van der Waals surface area (Å²) in [6.45, 7) is 3.99. The summed E-state index contributed by atoms with van der Waals surface area (Å²) in [5.41, 5.74) is 1.19. The van der Waals surface area contributed by atoms with Crippen molar-refractivity contribution in [2.24, 2.45) is 0 Å². The van der Waals surface area contributed by atoms with Gasteiger partial charge in [-0.2, -0.15) is 0 Å². The van der Waals surface area contributed by atoms with Gasteiger partial charge in [0, 0.05) is 24.2 Å². The van der Waals surface area contributed by atoms with Gasteiger partial charge in [0.2, 0.25) is 6.79 Å². The smallest absolute Gasteiger partial charge is 0.231 e. The Morgan fingerprint density at radius 1 is 1.28 bits per heavy atom. The monoisotopic (exact) mass is 262 g/mol. The highest BCUT2D eigenvalue weighted by molar-refractivity contribution is 7.11. The molecule has 0 spiro atoms. The zero-order valence-electron chi connectivity index (χ0n) is 10.1. The zero-order valence-corrected chi connectivity index (χ0v) is 10.9. The van der Waals surface area contributed by atoms with Crippen molar-refractivity contribution in [1.29, 1.82) is 0 Å². The van der Waals surface area contributed by atoms with Crippen LogP contribution in [0.25, 0.3) is 0 Å². The molecule has 1 aromatic heterocycles. The molecule has 94 valence electrons. The lowest BCUT2D eigenvalue weighted by Crippen LogP contribution is -2.12. The molecule has 2 aromatic rings. The fourth-order valence-corrected chi connectivity index (χ4v) is 2.60. The van der Waals surface area contributed by atoms with Gasteiger partial charge in [-0.05, 0) is 24.6 Å². The SMILES string of the molecule is Cc1cnc(CNCc2ccc3c(c2)OCO3)s1. The Morgan fingerprint density at radius 3 is 3.00 bits per heavy atom. The molecule has 5 heteroatoms. The first-order chi connectivity index (χ1) is 8.81. The first kappa shape index (κ1) is 11.5.